The van der Waals surface area contributed by atoms with Gasteiger partial charge in [-0.3, -0.25) is 9.30 Å². The van der Waals surface area contributed by atoms with E-state index in [0.29, 0.717) is 25.3 Å². The summed E-state index contributed by atoms with van der Waals surface area (Å²) in [6.45, 7) is 1.04. The number of nitrogens with zero attached hydrogens (tertiary/aromatic N) is 2. The van der Waals surface area contributed by atoms with Crippen molar-refractivity contribution in [3.8, 4) is 0 Å². The molecule has 0 saturated heterocycles. The van der Waals surface area contributed by atoms with E-state index in [1.807, 2.05) is 30.3 Å². The maximum atomic E-state index is 11.5. The summed E-state index contributed by atoms with van der Waals surface area (Å²) in [5.74, 6) is 0.647. The van der Waals surface area contributed by atoms with Crippen LogP contribution in [0.1, 0.15) is 5.56 Å². The van der Waals surface area contributed by atoms with E-state index in [-0.39, 0.29) is 0 Å². The average Bonchev–Trinajstić information content (AvgIpc) is 2.67. The van der Waals surface area contributed by atoms with E-state index in [2.05, 4.69) is 4.99 Å². The molecular formula is C11H14N2O2S. The Labute approximate surface area is 95.7 Å². The quantitative estimate of drug-likeness (QED) is 0.785. The molecule has 0 radical (unpaired) electrons. The molecule has 0 amide bonds. The minimum Gasteiger partial charge on any atom is -0.269 e. The second kappa shape index (κ2) is 4.25. The minimum atomic E-state index is -3.17. The fourth-order valence-electron chi connectivity index (χ4n) is 1.76. The molecule has 1 aliphatic heterocycles. The third kappa shape index (κ3) is 2.41. The van der Waals surface area contributed by atoms with Gasteiger partial charge in [-0.1, -0.05) is 30.3 Å². The van der Waals surface area contributed by atoms with E-state index in [1.54, 1.807) is 0 Å². The molecule has 1 heterocycles. The van der Waals surface area contributed by atoms with Crippen LogP contribution in [0.4, 0.5) is 0 Å². The highest BCUT2D eigenvalue weighted by Gasteiger charge is 2.24. The van der Waals surface area contributed by atoms with Crippen LogP contribution in [0.25, 0.3) is 0 Å². The Bertz CT molecular complexity index is 494. The number of amidine groups is 1. The number of hydrogen-bond acceptors (Lipinski definition) is 3. The van der Waals surface area contributed by atoms with Crippen LogP contribution in [0.2, 0.25) is 0 Å². The lowest BCUT2D eigenvalue weighted by Crippen LogP contribution is -2.34. The minimum absolute atomic E-state index is 0.473. The van der Waals surface area contributed by atoms with Crippen molar-refractivity contribution in [3.63, 3.8) is 0 Å². The van der Waals surface area contributed by atoms with Gasteiger partial charge in [-0.2, -0.15) is 0 Å². The molecule has 86 valence electrons. The number of sulfonamides is 1. The molecule has 2 rings (SSSR count). The molecule has 1 aromatic carbocycles. The fraction of sp³-hybridized carbons (Fsp3) is 0.364. The first kappa shape index (κ1) is 11.1. The molecule has 0 atom stereocenters. The lowest BCUT2D eigenvalue weighted by molar-refractivity contribution is 0.542. The number of benzene rings is 1. The summed E-state index contributed by atoms with van der Waals surface area (Å²) in [5, 5.41) is 0. The Morgan fingerprint density at radius 1 is 1.31 bits per heavy atom. The van der Waals surface area contributed by atoms with Gasteiger partial charge >= 0.3 is 0 Å². The van der Waals surface area contributed by atoms with Gasteiger partial charge in [-0.05, 0) is 5.56 Å². The van der Waals surface area contributed by atoms with E-state index >= 15 is 0 Å². The molecule has 0 aliphatic carbocycles. The van der Waals surface area contributed by atoms with Crippen molar-refractivity contribution in [2.24, 2.45) is 4.99 Å². The maximum Gasteiger partial charge on any atom is 0.233 e. The maximum absolute atomic E-state index is 11.5. The summed E-state index contributed by atoms with van der Waals surface area (Å²) in [4.78, 5) is 4.24. The fourth-order valence-corrected chi connectivity index (χ4v) is 2.68. The van der Waals surface area contributed by atoms with Crippen LogP contribution in [0.3, 0.4) is 0 Å². The molecule has 1 aliphatic rings. The van der Waals surface area contributed by atoms with Gasteiger partial charge in [0.1, 0.15) is 5.84 Å². The zero-order valence-corrected chi connectivity index (χ0v) is 9.94. The molecule has 0 saturated carbocycles. The zero-order valence-electron chi connectivity index (χ0n) is 9.13. The summed E-state index contributed by atoms with van der Waals surface area (Å²) in [5.41, 5.74) is 1.08. The van der Waals surface area contributed by atoms with Crippen molar-refractivity contribution in [3.05, 3.63) is 35.9 Å². The van der Waals surface area contributed by atoms with E-state index < -0.39 is 10.0 Å². The van der Waals surface area contributed by atoms with E-state index in [0.717, 1.165) is 5.56 Å². The molecule has 4 nitrogen and oxygen atoms in total. The predicted octanol–water partition coefficient (Wildman–Crippen LogP) is 0.903. The predicted molar refractivity (Wildman–Crippen MR) is 64.0 cm³/mol. The van der Waals surface area contributed by atoms with Gasteiger partial charge in [0.05, 0.1) is 19.3 Å². The van der Waals surface area contributed by atoms with E-state index in [1.165, 1.54) is 10.6 Å². The standard InChI is InChI=1S/C11H14N2O2S/c1-16(14,15)13-8-7-12-11(13)9-10-5-3-2-4-6-10/h2-6H,7-9H2,1H3. The van der Waals surface area contributed by atoms with Gasteiger partial charge in [0.15, 0.2) is 0 Å². The molecule has 0 unspecified atom stereocenters. The second-order valence-corrected chi connectivity index (χ2v) is 5.70. The summed E-state index contributed by atoms with van der Waals surface area (Å²) >= 11 is 0. The monoisotopic (exact) mass is 238 g/mol. The number of hydrogen-bond donors (Lipinski definition) is 0. The molecule has 0 aromatic heterocycles. The van der Waals surface area contributed by atoms with Crippen LogP contribution >= 0.6 is 0 Å². The summed E-state index contributed by atoms with van der Waals surface area (Å²) in [6.07, 6.45) is 1.80. The number of rotatable bonds is 3. The van der Waals surface area contributed by atoms with Gasteiger partial charge in [0.25, 0.3) is 0 Å². The van der Waals surface area contributed by atoms with Crippen LogP contribution in [0.5, 0.6) is 0 Å². The van der Waals surface area contributed by atoms with E-state index in [4.69, 9.17) is 0 Å². The third-order valence-corrected chi connectivity index (χ3v) is 3.68. The van der Waals surface area contributed by atoms with Gasteiger partial charge in [0, 0.05) is 6.42 Å². The van der Waals surface area contributed by atoms with Crippen molar-refractivity contribution in [1.29, 1.82) is 0 Å². The van der Waals surface area contributed by atoms with Crippen LogP contribution in [-0.2, 0) is 16.4 Å². The second-order valence-electron chi connectivity index (χ2n) is 3.80. The highest BCUT2D eigenvalue weighted by atomic mass is 32.2. The summed E-state index contributed by atoms with van der Waals surface area (Å²) in [7, 11) is -3.17. The summed E-state index contributed by atoms with van der Waals surface area (Å²) in [6, 6.07) is 9.77. The Morgan fingerprint density at radius 3 is 2.62 bits per heavy atom. The lowest BCUT2D eigenvalue weighted by Gasteiger charge is -2.17. The average molecular weight is 238 g/mol. The molecule has 0 spiro atoms. The van der Waals surface area contributed by atoms with Crippen LogP contribution < -0.4 is 0 Å². The smallest absolute Gasteiger partial charge is 0.233 e. The Balaban J connectivity index is 2.17. The Morgan fingerprint density at radius 2 is 2.00 bits per heavy atom. The van der Waals surface area contributed by atoms with Crippen molar-refractivity contribution in [2.45, 2.75) is 6.42 Å². The lowest BCUT2D eigenvalue weighted by atomic mass is 10.1. The van der Waals surface area contributed by atoms with Crippen LogP contribution in [0.15, 0.2) is 35.3 Å². The van der Waals surface area contributed by atoms with Gasteiger partial charge in [0.2, 0.25) is 10.0 Å². The van der Waals surface area contributed by atoms with Crippen molar-refractivity contribution < 1.29 is 8.42 Å². The summed E-state index contributed by atoms with van der Waals surface area (Å²) < 4.78 is 24.3. The van der Waals surface area contributed by atoms with Gasteiger partial charge < -0.3 is 0 Å². The molecular weight excluding hydrogens is 224 g/mol. The van der Waals surface area contributed by atoms with Gasteiger partial charge in [-0.25, -0.2) is 8.42 Å². The molecule has 0 N–H and O–H groups in total. The Hall–Kier alpha value is -1.36. The van der Waals surface area contributed by atoms with Crippen molar-refractivity contribution >= 4 is 15.9 Å². The highest BCUT2D eigenvalue weighted by Crippen LogP contribution is 2.11. The zero-order chi connectivity index (χ0) is 11.6. The first-order valence-electron chi connectivity index (χ1n) is 5.12. The molecule has 1 aromatic rings. The first-order chi connectivity index (χ1) is 7.57. The highest BCUT2D eigenvalue weighted by molar-refractivity contribution is 7.88. The van der Waals surface area contributed by atoms with Crippen molar-refractivity contribution in [2.75, 3.05) is 19.3 Å². The van der Waals surface area contributed by atoms with E-state index in [9.17, 15) is 8.42 Å². The molecule has 16 heavy (non-hydrogen) atoms. The number of aliphatic imine (C=N–C) groups is 1. The van der Waals surface area contributed by atoms with Crippen molar-refractivity contribution in [1.82, 2.24) is 4.31 Å². The molecule has 5 heteroatoms. The Kier molecular flexibility index (Phi) is 2.96. The normalized spacial score (nSPS) is 16.3. The SMILES string of the molecule is CS(=O)(=O)N1CCN=C1Cc1ccccc1. The molecule has 0 bridgehead atoms. The van der Waals surface area contributed by atoms with Crippen LogP contribution in [-0.4, -0.2) is 37.9 Å². The van der Waals surface area contributed by atoms with Gasteiger partial charge in [-0.15, -0.1) is 0 Å². The first-order valence-corrected chi connectivity index (χ1v) is 6.97. The van der Waals surface area contributed by atoms with Crippen LogP contribution in [0, 0.1) is 0 Å². The molecule has 0 fully saturated rings. The largest absolute Gasteiger partial charge is 0.269 e. The topological polar surface area (TPSA) is 49.7 Å². The third-order valence-electron chi connectivity index (χ3n) is 2.49.